The number of esters is 1. The first-order chi connectivity index (χ1) is 9.61. The van der Waals surface area contributed by atoms with E-state index in [0.29, 0.717) is 18.1 Å². The van der Waals surface area contributed by atoms with Gasteiger partial charge in [-0.25, -0.2) is 13.6 Å². The highest BCUT2D eigenvalue weighted by Crippen LogP contribution is 2.29. The third-order valence-electron chi connectivity index (χ3n) is 3.35. The maximum absolute atomic E-state index is 12.5. The molecule has 0 amide bonds. The monoisotopic (exact) mass is 283 g/mol. The molecule has 1 atom stereocenters. The van der Waals surface area contributed by atoms with Gasteiger partial charge in [-0.15, -0.1) is 0 Å². The van der Waals surface area contributed by atoms with Gasteiger partial charge in [0, 0.05) is 5.56 Å². The van der Waals surface area contributed by atoms with Crippen LogP contribution in [0, 0.1) is 5.92 Å². The second-order valence-electron chi connectivity index (χ2n) is 5.00. The lowest BCUT2D eigenvalue weighted by molar-refractivity contribution is -0.145. The fourth-order valence-electron chi connectivity index (χ4n) is 2.00. The molecule has 1 unspecified atom stereocenters. The number of halogens is 2. The molecule has 1 N–H and O–H groups in total. The molecule has 1 aromatic carbocycles. The molecule has 0 saturated heterocycles. The van der Waals surface area contributed by atoms with Crippen LogP contribution in [0.1, 0.15) is 43.4 Å². The molecule has 2 rings (SSSR count). The van der Waals surface area contributed by atoms with E-state index < -0.39 is 12.5 Å². The average Bonchev–Trinajstić information content (AvgIpc) is 3.24. The quantitative estimate of drug-likeness (QED) is 0.781. The number of benzene rings is 1. The van der Waals surface area contributed by atoms with Gasteiger partial charge in [0.15, 0.2) is 0 Å². The third kappa shape index (κ3) is 4.00. The minimum absolute atomic E-state index is 0.0430. The molecule has 1 aromatic rings. The minimum atomic E-state index is -2.50. The topological polar surface area (TPSA) is 38.3 Å². The lowest BCUT2D eigenvalue weighted by atomic mass is 10.0. The molecule has 1 fully saturated rings. The smallest absolute Gasteiger partial charge is 0.327 e. The van der Waals surface area contributed by atoms with Crippen LogP contribution in [0.25, 0.3) is 0 Å². The van der Waals surface area contributed by atoms with Crippen molar-refractivity contribution in [2.24, 2.45) is 5.92 Å². The maximum atomic E-state index is 12.5. The van der Waals surface area contributed by atoms with Crippen LogP contribution in [0.5, 0.6) is 0 Å². The molecule has 0 spiro atoms. The number of rotatable bonds is 7. The molecule has 0 radical (unpaired) electrons. The minimum Gasteiger partial charge on any atom is -0.465 e. The number of nitrogens with one attached hydrogen (secondary N) is 1. The zero-order chi connectivity index (χ0) is 14.5. The number of carbonyl (C=O) groups is 1. The molecule has 0 aromatic heterocycles. The number of carbonyl (C=O) groups excluding carboxylic acids is 1. The summed E-state index contributed by atoms with van der Waals surface area (Å²) in [6.07, 6.45) is -0.149. The Morgan fingerprint density at radius 3 is 2.40 bits per heavy atom. The summed E-state index contributed by atoms with van der Waals surface area (Å²) in [5.74, 6) is 0.255. The number of hydrogen-bond donors (Lipinski definition) is 1. The van der Waals surface area contributed by atoms with Crippen molar-refractivity contribution in [1.82, 2.24) is 5.32 Å². The van der Waals surface area contributed by atoms with Gasteiger partial charge in [0.1, 0.15) is 6.04 Å². The Hall–Kier alpha value is -1.49. The molecule has 0 bridgehead atoms. The van der Waals surface area contributed by atoms with Crippen LogP contribution in [0.4, 0.5) is 8.78 Å². The Morgan fingerprint density at radius 2 is 1.90 bits per heavy atom. The zero-order valence-corrected chi connectivity index (χ0v) is 11.4. The Bertz CT molecular complexity index is 444. The van der Waals surface area contributed by atoms with E-state index in [-0.39, 0.29) is 11.5 Å². The first-order valence-corrected chi connectivity index (χ1v) is 6.89. The summed E-state index contributed by atoms with van der Waals surface area (Å²) in [7, 11) is 0. The third-order valence-corrected chi connectivity index (χ3v) is 3.35. The second-order valence-corrected chi connectivity index (χ2v) is 5.00. The summed E-state index contributed by atoms with van der Waals surface area (Å²) in [5.41, 5.74) is 0.618. The van der Waals surface area contributed by atoms with Gasteiger partial charge < -0.3 is 10.1 Å². The second kappa shape index (κ2) is 6.79. The summed E-state index contributed by atoms with van der Waals surface area (Å²) >= 11 is 0. The SMILES string of the molecule is CCOC(=O)C(NCC1CC1)c1ccc(C(F)F)cc1. The van der Waals surface area contributed by atoms with E-state index in [9.17, 15) is 13.6 Å². The largest absolute Gasteiger partial charge is 0.465 e. The van der Waals surface area contributed by atoms with Crippen LogP contribution in [-0.2, 0) is 9.53 Å². The van der Waals surface area contributed by atoms with Gasteiger partial charge in [-0.3, -0.25) is 0 Å². The van der Waals surface area contributed by atoms with Gasteiger partial charge in [0.05, 0.1) is 6.61 Å². The van der Waals surface area contributed by atoms with Crippen molar-refractivity contribution in [3.63, 3.8) is 0 Å². The Morgan fingerprint density at radius 1 is 1.30 bits per heavy atom. The molecule has 0 heterocycles. The summed E-state index contributed by atoms with van der Waals surface area (Å²) in [5, 5.41) is 3.17. The highest BCUT2D eigenvalue weighted by Gasteiger charge is 2.26. The standard InChI is InChI=1S/C15H19F2NO2/c1-2-20-15(19)13(18-9-10-3-4-10)11-5-7-12(8-6-11)14(16)17/h5-8,10,13-14,18H,2-4,9H2,1H3. The van der Waals surface area contributed by atoms with Gasteiger partial charge in [-0.1, -0.05) is 24.3 Å². The van der Waals surface area contributed by atoms with Gasteiger partial charge in [-0.05, 0) is 37.8 Å². The van der Waals surface area contributed by atoms with Gasteiger partial charge in [0.25, 0.3) is 6.43 Å². The highest BCUT2D eigenvalue weighted by molar-refractivity contribution is 5.77. The Balaban J connectivity index is 2.08. The fourth-order valence-corrected chi connectivity index (χ4v) is 2.00. The van der Waals surface area contributed by atoms with Gasteiger partial charge >= 0.3 is 5.97 Å². The summed E-state index contributed by atoms with van der Waals surface area (Å²) in [4.78, 5) is 12.0. The molecule has 110 valence electrons. The van der Waals surface area contributed by atoms with Crippen LogP contribution in [0.3, 0.4) is 0 Å². The molecule has 0 aliphatic heterocycles. The predicted octanol–water partition coefficient (Wildman–Crippen LogP) is 3.23. The number of ether oxygens (including phenoxy) is 1. The summed E-state index contributed by atoms with van der Waals surface area (Å²) in [6, 6.07) is 5.24. The molecule has 1 saturated carbocycles. The summed E-state index contributed by atoms with van der Waals surface area (Å²) in [6.45, 7) is 2.80. The van der Waals surface area contributed by atoms with E-state index in [2.05, 4.69) is 5.32 Å². The van der Waals surface area contributed by atoms with Crippen LogP contribution in [-0.4, -0.2) is 19.1 Å². The van der Waals surface area contributed by atoms with E-state index in [4.69, 9.17) is 4.74 Å². The van der Waals surface area contributed by atoms with Crippen molar-refractivity contribution in [3.8, 4) is 0 Å². The van der Waals surface area contributed by atoms with E-state index in [1.807, 2.05) is 0 Å². The molecular formula is C15H19F2NO2. The summed E-state index contributed by atoms with van der Waals surface area (Å²) < 4.78 is 30.1. The first-order valence-electron chi connectivity index (χ1n) is 6.89. The lowest BCUT2D eigenvalue weighted by Gasteiger charge is -2.18. The van der Waals surface area contributed by atoms with Crippen LogP contribution in [0.2, 0.25) is 0 Å². The lowest BCUT2D eigenvalue weighted by Crippen LogP contribution is -2.31. The van der Waals surface area contributed by atoms with E-state index >= 15 is 0 Å². The predicted molar refractivity (Wildman–Crippen MR) is 71.5 cm³/mol. The number of alkyl halides is 2. The van der Waals surface area contributed by atoms with Crippen molar-refractivity contribution in [2.75, 3.05) is 13.2 Å². The van der Waals surface area contributed by atoms with Crippen molar-refractivity contribution in [1.29, 1.82) is 0 Å². The van der Waals surface area contributed by atoms with Crippen molar-refractivity contribution in [2.45, 2.75) is 32.2 Å². The highest BCUT2D eigenvalue weighted by atomic mass is 19.3. The fraction of sp³-hybridized carbons (Fsp3) is 0.533. The molecule has 1 aliphatic carbocycles. The van der Waals surface area contributed by atoms with Crippen molar-refractivity contribution in [3.05, 3.63) is 35.4 Å². The van der Waals surface area contributed by atoms with Crippen molar-refractivity contribution < 1.29 is 18.3 Å². The molecular weight excluding hydrogens is 264 g/mol. The first kappa shape index (κ1) is 14.9. The average molecular weight is 283 g/mol. The van der Waals surface area contributed by atoms with E-state index in [1.165, 1.54) is 25.0 Å². The molecule has 20 heavy (non-hydrogen) atoms. The molecule has 5 heteroatoms. The number of hydrogen-bond acceptors (Lipinski definition) is 3. The van der Waals surface area contributed by atoms with Crippen LogP contribution >= 0.6 is 0 Å². The van der Waals surface area contributed by atoms with Crippen LogP contribution < -0.4 is 5.32 Å². The van der Waals surface area contributed by atoms with Gasteiger partial charge in [-0.2, -0.15) is 0 Å². The van der Waals surface area contributed by atoms with Gasteiger partial charge in [0.2, 0.25) is 0 Å². The normalized spacial score (nSPS) is 16.2. The van der Waals surface area contributed by atoms with Crippen molar-refractivity contribution >= 4 is 5.97 Å². The van der Waals surface area contributed by atoms with Crippen LogP contribution in [0.15, 0.2) is 24.3 Å². The molecule has 1 aliphatic rings. The Kier molecular flexibility index (Phi) is 5.06. The Labute approximate surface area is 117 Å². The van der Waals surface area contributed by atoms with E-state index in [0.717, 1.165) is 6.54 Å². The molecule has 3 nitrogen and oxygen atoms in total. The maximum Gasteiger partial charge on any atom is 0.327 e. The zero-order valence-electron chi connectivity index (χ0n) is 11.4. The van der Waals surface area contributed by atoms with E-state index in [1.54, 1.807) is 19.1 Å².